The molecule has 0 unspecified atom stereocenters. The van der Waals surface area contributed by atoms with Crippen LogP contribution in [0.3, 0.4) is 0 Å². The largest absolute Gasteiger partial charge is 0.395 e. The molecular weight excluding hydrogens is 269 g/mol. The third-order valence-corrected chi connectivity index (χ3v) is 4.68. The van der Waals surface area contributed by atoms with E-state index in [1.54, 1.807) is 4.90 Å². The van der Waals surface area contributed by atoms with Gasteiger partial charge in [0.25, 0.3) is 0 Å². The lowest BCUT2D eigenvalue weighted by Gasteiger charge is -2.45. The van der Waals surface area contributed by atoms with Crippen LogP contribution < -0.4 is 0 Å². The standard InChI is InChI=1S/C14H23F3N2O/c1-2-12(20)19-8-4-7-18(9-10-19)11-13(5-3-6-13)14(15,16)17/h2-11H2,1H3. The third-order valence-electron chi connectivity index (χ3n) is 4.68. The molecule has 20 heavy (non-hydrogen) atoms. The topological polar surface area (TPSA) is 23.6 Å². The number of carbonyl (C=O) groups is 1. The molecular formula is C14H23F3N2O. The Hall–Kier alpha value is -0.780. The fourth-order valence-corrected chi connectivity index (χ4v) is 3.16. The summed E-state index contributed by atoms with van der Waals surface area (Å²) < 4.78 is 39.5. The van der Waals surface area contributed by atoms with Gasteiger partial charge in [0.2, 0.25) is 5.91 Å². The first-order valence-electron chi connectivity index (χ1n) is 7.45. The van der Waals surface area contributed by atoms with Crippen LogP contribution in [0.5, 0.6) is 0 Å². The van der Waals surface area contributed by atoms with Crippen molar-refractivity contribution >= 4 is 5.91 Å². The molecule has 0 atom stereocenters. The number of rotatable bonds is 3. The van der Waals surface area contributed by atoms with E-state index in [9.17, 15) is 18.0 Å². The van der Waals surface area contributed by atoms with E-state index in [0.717, 1.165) is 6.42 Å². The molecule has 2 rings (SSSR count). The van der Waals surface area contributed by atoms with Crippen LogP contribution in [-0.4, -0.2) is 54.6 Å². The van der Waals surface area contributed by atoms with Crippen molar-refractivity contribution in [3.05, 3.63) is 0 Å². The molecule has 0 aromatic carbocycles. The van der Waals surface area contributed by atoms with E-state index in [2.05, 4.69) is 0 Å². The molecule has 0 aromatic rings. The second-order valence-electron chi connectivity index (χ2n) is 6.00. The molecule has 116 valence electrons. The molecule has 0 bridgehead atoms. The van der Waals surface area contributed by atoms with Gasteiger partial charge in [0.05, 0.1) is 5.41 Å². The van der Waals surface area contributed by atoms with Gasteiger partial charge in [-0.25, -0.2) is 0 Å². The number of hydrogen-bond acceptors (Lipinski definition) is 2. The van der Waals surface area contributed by atoms with Crippen molar-refractivity contribution in [2.75, 3.05) is 32.7 Å². The summed E-state index contributed by atoms with van der Waals surface area (Å²) >= 11 is 0. The summed E-state index contributed by atoms with van der Waals surface area (Å²) in [6.07, 6.45) is -1.69. The van der Waals surface area contributed by atoms with E-state index in [0.29, 0.717) is 39.0 Å². The average Bonchev–Trinajstić information content (AvgIpc) is 2.56. The van der Waals surface area contributed by atoms with Gasteiger partial charge in [0.1, 0.15) is 0 Å². The highest BCUT2D eigenvalue weighted by Crippen LogP contribution is 2.53. The summed E-state index contributed by atoms with van der Waals surface area (Å²) in [4.78, 5) is 15.3. The van der Waals surface area contributed by atoms with E-state index >= 15 is 0 Å². The SMILES string of the molecule is CCC(=O)N1CCCN(CC2(C(F)(F)F)CCC2)CC1. The van der Waals surface area contributed by atoms with E-state index in [1.165, 1.54) is 0 Å². The highest BCUT2D eigenvalue weighted by molar-refractivity contribution is 5.75. The van der Waals surface area contributed by atoms with Crippen molar-refractivity contribution in [2.24, 2.45) is 5.41 Å². The average molecular weight is 292 g/mol. The Labute approximate surface area is 118 Å². The maximum Gasteiger partial charge on any atom is 0.395 e. The lowest BCUT2D eigenvalue weighted by Crippen LogP contribution is -2.52. The molecule has 1 heterocycles. The normalized spacial score (nSPS) is 24.1. The van der Waals surface area contributed by atoms with Crippen molar-refractivity contribution in [3.63, 3.8) is 0 Å². The Kier molecular flexibility index (Phi) is 4.62. The predicted octanol–water partition coefficient (Wildman–Crippen LogP) is 2.66. The van der Waals surface area contributed by atoms with Gasteiger partial charge >= 0.3 is 6.18 Å². The summed E-state index contributed by atoms with van der Waals surface area (Å²) in [7, 11) is 0. The van der Waals surface area contributed by atoms with Gasteiger partial charge in [-0.3, -0.25) is 4.79 Å². The van der Waals surface area contributed by atoms with Crippen LogP contribution in [0.2, 0.25) is 0 Å². The first-order valence-corrected chi connectivity index (χ1v) is 7.45. The van der Waals surface area contributed by atoms with Crippen LogP contribution in [-0.2, 0) is 4.79 Å². The van der Waals surface area contributed by atoms with Gasteiger partial charge in [0.15, 0.2) is 0 Å². The molecule has 1 aliphatic heterocycles. The Morgan fingerprint density at radius 2 is 1.80 bits per heavy atom. The highest BCUT2D eigenvalue weighted by atomic mass is 19.4. The molecule has 0 aromatic heterocycles. The first-order chi connectivity index (χ1) is 9.38. The molecule has 1 saturated heterocycles. The predicted molar refractivity (Wildman–Crippen MR) is 70.3 cm³/mol. The van der Waals surface area contributed by atoms with Crippen molar-refractivity contribution in [1.29, 1.82) is 0 Å². The molecule has 0 N–H and O–H groups in total. The molecule has 0 spiro atoms. The van der Waals surface area contributed by atoms with Gasteiger partial charge in [-0.1, -0.05) is 13.3 Å². The monoisotopic (exact) mass is 292 g/mol. The van der Waals surface area contributed by atoms with Gasteiger partial charge < -0.3 is 9.80 Å². The molecule has 6 heteroatoms. The first kappa shape index (κ1) is 15.6. The Bertz CT molecular complexity index is 353. The second-order valence-corrected chi connectivity index (χ2v) is 6.00. The van der Waals surface area contributed by atoms with E-state index in [4.69, 9.17) is 0 Å². The summed E-state index contributed by atoms with van der Waals surface area (Å²) in [5.41, 5.74) is -1.49. The summed E-state index contributed by atoms with van der Waals surface area (Å²) in [6, 6.07) is 0. The number of alkyl halides is 3. The van der Waals surface area contributed by atoms with Crippen molar-refractivity contribution < 1.29 is 18.0 Å². The molecule has 0 radical (unpaired) electrons. The van der Waals surface area contributed by atoms with Crippen LogP contribution in [0, 0.1) is 5.41 Å². The Balaban J connectivity index is 1.93. The van der Waals surface area contributed by atoms with E-state index in [1.807, 2.05) is 11.8 Å². The number of nitrogens with zero attached hydrogens (tertiary/aromatic N) is 2. The molecule has 2 fully saturated rings. The van der Waals surface area contributed by atoms with E-state index < -0.39 is 11.6 Å². The van der Waals surface area contributed by atoms with Crippen LogP contribution >= 0.6 is 0 Å². The second kappa shape index (κ2) is 5.92. The molecule has 1 saturated carbocycles. The summed E-state index contributed by atoms with van der Waals surface area (Å²) in [6.45, 7) is 4.36. The number of hydrogen-bond donors (Lipinski definition) is 0. The smallest absolute Gasteiger partial charge is 0.341 e. The fraction of sp³-hybridized carbons (Fsp3) is 0.929. The fourth-order valence-electron chi connectivity index (χ4n) is 3.16. The molecule has 3 nitrogen and oxygen atoms in total. The zero-order valence-corrected chi connectivity index (χ0v) is 12.0. The van der Waals surface area contributed by atoms with Crippen molar-refractivity contribution in [1.82, 2.24) is 9.80 Å². The van der Waals surface area contributed by atoms with Crippen LogP contribution in [0.15, 0.2) is 0 Å². The minimum absolute atomic E-state index is 0.0982. The van der Waals surface area contributed by atoms with Crippen LogP contribution in [0.1, 0.15) is 39.0 Å². The minimum atomic E-state index is -4.10. The quantitative estimate of drug-likeness (QED) is 0.798. The Morgan fingerprint density at radius 1 is 1.10 bits per heavy atom. The van der Waals surface area contributed by atoms with Crippen molar-refractivity contribution in [2.45, 2.75) is 45.2 Å². The zero-order chi connectivity index (χ0) is 14.8. The lowest BCUT2D eigenvalue weighted by atomic mass is 9.67. The summed E-state index contributed by atoms with van der Waals surface area (Å²) in [5, 5.41) is 0. The number of amides is 1. The van der Waals surface area contributed by atoms with Crippen molar-refractivity contribution in [3.8, 4) is 0 Å². The van der Waals surface area contributed by atoms with Crippen LogP contribution in [0.4, 0.5) is 13.2 Å². The maximum absolute atomic E-state index is 13.2. The lowest BCUT2D eigenvalue weighted by molar-refractivity contribution is -0.255. The number of halogens is 3. The Morgan fingerprint density at radius 3 is 2.30 bits per heavy atom. The van der Waals surface area contributed by atoms with Crippen LogP contribution in [0.25, 0.3) is 0 Å². The third kappa shape index (κ3) is 3.10. The van der Waals surface area contributed by atoms with Gasteiger partial charge in [-0.05, 0) is 25.8 Å². The number of carbonyl (C=O) groups excluding carboxylic acids is 1. The zero-order valence-electron chi connectivity index (χ0n) is 12.0. The molecule has 1 amide bonds. The van der Waals surface area contributed by atoms with Gasteiger partial charge in [0, 0.05) is 32.6 Å². The minimum Gasteiger partial charge on any atom is -0.341 e. The van der Waals surface area contributed by atoms with Gasteiger partial charge in [-0.2, -0.15) is 13.2 Å². The van der Waals surface area contributed by atoms with Gasteiger partial charge in [-0.15, -0.1) is 0 Å². The molecule has 1 aliphatic carbocycles. The maximum atomic E-state index is 13.2. The molecule has 2 aliphatic rings. The highest BCUT2D eigenvalue weighted by Gasteiger charge is 2.58. The summed E-state index contributed by atoms with van der Waals surface area (Å²) in [5.74, 6) is 0.0982. The van der Waals surface area contributed by atoms with E-state index in [-0.39, 0.29) is 25.3 Å².